The van der Waals surface area contributed by atoms with Crippen molar-refractivity contribution in [1.29, 1.82) is 0 Å². The highest BCUT2D eigenvalue weighted by Crippen LogP contribution is 2.18. The van der Waals surface area contributed by atoms with Crippen molar-refractivity contribution in [1.82, 2.24) is 10.2 Å². The molecule has 1 aliphatic rings. The van der Waals surface area contributed by atoms with E-state index in [0.717, 1.165) is 45.1 Å². The lowest BCUT2D eigenvalue weighted by atomic mass is 10.1. The first-order valence-electron chi connectivity index (χ1n) is 5.95. The first-order valence-corrected chi connectivity index (χ1v) is 5.95. The maximum atomic E-state index is 11.2. The Morgan fingerprint density at radius 2 is 2.40 bits per heavy atom. The second kappa shape index (κ2) is 6.80. The van der Waals surface area contributed by atoms with Crippen molar-refractivity contribution in [3.05, 3.63) is 0 Å². The van der Waals surface area contributed by atoms with Gasteiger partial charge in [-0.15, -0.1) is 0 Å². The van der Waals surface area contributed by atoms with E-state index < -0.39 is 0 Å². The van der Waals surface area contributed by atoms with Crippen LogP contribution in [0.2, 0.25) is 0 Å². The summed E-state index contributed by atoms with van der Waals surface area (Å²) < 4.78 is 0. The number of amides is 1. The van der Waals surface area contributed by atoms with Crippen molar-refractivity contribution < 1.29 is 4.79 Å². The van der Waals surface area contributed by atoms with Gasteiger partial charge in [0.1, 0.15) is 0 Å². The number of hydrogen-bond donors (Lipinski definition) is 2. The van der Waals surface area contributed by atoms with Crippen molar-refractivity contribution in [2.45, 2.75) is 26.2 Å². The first kappa shape index (κ1) is 12.5. The molecular weight excluding hydrogens is 190 g/mol. The third-order valence-corrected chi connectivity index (χ3v) is 2.97. The molecular formula is C11H23N3O. The van der Waals surface area contributed by atoms with E-state index in [9.17, 15) is 4.79 Å². The second-order valence-corrected chi connectivity index (χ2v) is 4.24. The van der Waals surface area contributed by atoms with Crippen LogP contribution >= 0.6 is 0 Å². The van der Waals surface area contributed by atoms with Gasteiger partial charge >= 0.3 is 0 Å². The number of carbonyl (C=O) groups is 1. The number of likely N-dealkylation sites (tertiary alicyclic amines) is 1. The number of nitrogens with two attached hydrogens (primary N) is 1. The molecule has 4 heteroatoms. The molecule has 1 aliphatic heterocycles. The van der Waals surface area contributed by atoms with E-state index in [4.69, 9.17) is 5.73 Å². The van der Waals surface area contributed by atoms with Gasteiger partial charge in [-0.2, -0.15) is 0 Å². The Kier molecular flexibility index (Phi) is 5.65. The van der Waals surface area contributed by atoms with Crippen LogP contribution in [-0.4, -0.2) is 43.5 Å². The fourth-order valence-corrected chi connectivity index (χ4v) is 2.13. The first-order chi connectivity index (χ1) is 7.26. The Morgan fingerprint density at radius 3 is 3.07 bits per heavy atom. The van der Waals surface area contributed by atoms with Crippen molar-refractivity contribution in [2.75, 3.05) is 32.7 Å². The largest absolute Gasteiger partial charge is 0.356 e. The zero-order chi connectivity index (χ0) is 11.1. The van der Waals surface area contributed by atoms with E-state index in [1.165, 1.54) is 6.42 Å². The molecule has 1 saturated heterocycles. The average Bonchev–Trinajstić information content (AvgIpc) is 2.64. The van der Waals surface area contributed by atoms with Gasteiger partial charge in [-0.3, -0.25) is 4.79 Å². The normalized spacial score (nSPS) is 21.9. The second-order valence-electron chi connectivity index (χ2n) is 4.24. The standard InChI is InChI=1S/C11H23N3O/c1-2-13-11(15)5-8-14-7-4-10(9-14)3-6-12/h10H,2-9,12H2,1H3,(H,13,15). The minimum atomic E-state index is 0.166. The quantitative estimate of drug-likeness (QED) is 0.662. The highest BCUT2D eigenvalue weighted by Gasteiger charge is 2.21. The van der Waals surface area contributed by atoms with Gasteiger partial charge in [0.15, 0.2) is 0 Å². The molecule has 0 aromatic heterocycles. The van der Waals surface area contributed by atoms with E-state index in [2.05, 4.69) is 10.2 Å². The molecule has 0 aliphatic carbocycles. The van der Waals surface area contributed by atoms with Crippen molar-refractivity contribution >= 4 is 5.91 Å². The molecule has 1 heterocycles. The third-order valence-electron chi connectivity index (χ3n) is 2.97. The van der Waals surface area contributed by atoms with Crippen LogP contribution in [0.25, 0.3) is 0 Å². The topological polar surface area (TPSA) is 58.4 Å². The number of hydrogen-bond acceptors (Lipinski definition) is 3. The molecule has 0 saturated carbocycles. The summed E-state index contributed by atoms with van der Waals surface area (Å²) in [4.78, 5) is 13.6. The number of carbonyl (C=O) groups excluding carboxylic acids is 1. The molecule has 0 radical (unpaired) electrons. The zero-order valence-electron chi connectivity index (χ0n) is 9.67. The van der Waals surface area contributed by atoms with Crippen LogP contribution in [0.5, 0.6) is 0 Å². The Bertz CT molecular complexity index is 196. The molecule has 1 unspecified atom stereocenters. The van der Waals surface area contributed by atoms with Gasteiger partial charge in [0.05, 0.1) is 0 Å². The van der Waals surface area contributed by atoms with Crippen molar-refractivity contribution in [3.63, 3.8) is 0 Å². The lowest BCUT2D eigenvalue weighted by Gasteiger charge is -2.15. The van der Waals surface area contributed by atoms with Crippen LogP contribution in [0, 0.1) is 5.92 Å². The summed E-state index contributed by atoms with van der Waals surface area (Å²) >= 11 is 0. The Labute approximate surface area is 92.2 Å². The zero-order valence-corrected chi connectivity index (χ0v) is 9.67. The molecule has 1 fully saturated rings. The molecule has 1 rings (SSSR count). The summed E-state index contributed by atoms with van der Waals surface area (Å²) in [5.41, 5.74) is 5.53. The summed E-state index contributed by atoms with van der Waals surface area (Å²) in [5.74, 6) is 0.920. The van der Waals surface area contributed by atoms with Gasteiger partial charge in [0.2, 0.25) is 5.91 Å². The number of rotatable bonds is 6. The van der Waals surface area contributed by atoms with E-state index in [1.54, 1.807) is 0 Å². The molecule has 15 heavy (non-hydrogen) atoms. The fourth-order valence-electron chi connectivity index (χ4n) is 2.13. The minimum Gasteiger partial charge on any atom is -0.356 e. The predicted octanol–water partition coefficient (Wildman–Crippen LogP) is 0.183. The minimum absolute atomic E-state index is 0.166. The number of nitrogens with one attached hydrogen (secondary N) is 1. The van der Waals surface area contributed by atoms with Crippen LogP contribution in [0.4, 0.5) is 0 Å². The van der Waals surface area contributed by atoms with Gasteiger partial charge in [-0.05, 0) is 38.8 Å². The van der Waals surface area contributed by atoms with Crippen LogP contribution in [0.1, 0.15) is 26.2 Å². The Hall–Kier alpha value is -0.610. The molecule has 4 nitrogen and oxygen atoms in total. The van der Waals surface area contributed by atoms with E-state index in [-0.39, 0.29) is 5.91 Å². The molecule has 1 amide bonds. The summed E-state index contributed by atoms with van der Waals surface area (Å²) in [5, 5.41) is 2.82. The average molecular weight is 213 g/mol. The summed E-state index contributed by atoms with van der Waals surface area (Å²) in [6.07, 6.45) is 2.99. The van der Waals surface area contributed by atoms with Crippen molar-refractivity contribution in [2.24, 2.45) is 11.7 Å². The highest BCUT2D eigenvalue weighted by atomic mass is 16.1. The lowest BCUT2D eigenvalue weighted by molar-refractivity contribution is -0.121. The molecule has 1 atom stereocenters. The summed E-state index contributed by atoms with van der Waals surface area (Å²) in [6.45, 7) is 6.61. The van der Waals surface area contributed by atoms with Crippen LogP contribution in [-0.2, 0) is 4.79 Å². The summed E-state index contributed by atoms with van der Waals surface area (Å²) in [7, 11) is 0. The molecule has 0 aromatic rings. The smallest absolute Gasteiger partial charge is 0.221 e. The van der Waals surface area contributed by atoms with E-state index >= 15 is 0 Å². The predicted molar refractivity (Wildman–Crippen MR) is 61.5 cm³/mol. The Morgan fingerprint density at radius 1 is 1.60 bits per heavy atom. The van der Waals surface area contributed by atoms with Crippen molar-refractivity contribution in [3.8, 4) is 0 Å². The molecule has 0 spiro atoms. The van der Waals surface area contributed by atoms with Gasteiger partial charge in [0, 0.05) is 26.1 Å². The number of nitrogens with zero attached hydrogens (tertiary/aromatic N) is 1. The maximum absolute atomic E-state index is 11.2. The Balaban J connectivity index is 2.10. The highest BCUT2D eigenvalue weighted by molar-refractivity contribution is 5.75. The van der Waals surface area contributed by atoms with E-state index in [0.29, 0.717) is 6.42 Å². The fraction of sp³-hybridized carbons (Fsp3) is 0.909. The molecule has 88 valence electrons. The van der Waals surface area contributed by atoms with Gasteiger partial charge in [-0.1, -0.05) is 0 Å². The molecule has 0 bridgehead atoms. The van der Waals surface area contributed by atoms with Gasteiger partial charge < -0.3 is 16.0 Å². The van der Waals surface area contributed by atoms with Crippen LogP contribution in [0.15, 0.2) is 0 Å². The third kappa shape index (κ3) is 4.62. The monoisotopic (exact) mass is 213 g/mol. The molecule has 3 N–H and O–H groups in total. The van der Waals surface area contributed by atoms with Crippen LogP contribution in [0.3, 0.4) is 0 Å². The van der Waals surface area contributed by atoms with Gasteiger partial charge in [0.25, 0.3) is 0 Å². The lowest BCUT2D eigenvalue weighted by Crippen LogP contribution is -2.29. The maximum Gasteiger partial charge on any atom is 0.221 e. The van der Waals surface area contributed by atoms with Crippen LogP contribution < -0.4 is 11.1 Å². The van der Waals surface area contributed by atoms with E-state index in [1.807, 2.05) is 6.92 Å². The SMILES string of the molecule is CCNC(=O)CCN1CCC(CCN)C1. The molecule has 0 aromatic carbocycles. The van der Waals surface area contributed by atoms with Gasteiger partial charge in [-0.25, -0.2) is 0 Å². The summed E-state index contributed by atoms with van der Waals surface area (Å²) in [6, 6.07) is 0.